The Bertz CT molecular complexity index is 604. The molecule has 0 spiro atoms. The maximum Gasteiger partial charge on any atom is 0.324 e. The van der Waals surface area contributed by atoms with Crippen molar-refractivity contribution in [2.24, 2.45) is 11.5 Å². The van der Waals surface area contributed by atoms with Crippen LogP contribution < -0.4 is 22.3 Å². The summed E-state index contributed by atoms with van der Waals surface area (Å²) >= 11 is 0. The van der Waals surface area contributed by atoms with Crippen molar-refractivity contribution in [3.8, 4) is 0 Å². The number of rotatable bonds is 23. The van der Waals surface area contributed by atoms with Gasteiger partial charge in [0.2, 0.25) is 11.8 Å². The van der Waals surface area contributed by atoms with Crippen LogP contribution in [0.2, 0.25) is 0 Å². The Kier molecular flexibility index (Phi) is 18.8. The second-order valence-electron chi connectivity index (χ2n) is 8.65. The van der Waals surface area contributed by atoms with E-state index in [0.717, 1.165) is 24.4 Å². The minimum absolute atomic E-state index is 0.182. The molecule has 0 aliphatic heterocycles. The molecule has 0 aliphatic carbocycles. The van der Waals surface area contributed by atoms with Crippen LogP contribution in [0, 0.1) is 0 Å². The third-order valence-electron chi connectivity index (χ3n) is 5.55. The molecule has 0 fully saturated rings. The highest BCUT2D eigenvalue weighted by atomic mass is 16.4. The first kappa shape index (κ1) is 31.8. The standard InChI is InChI=1S/C23H45N5O6/c1-2-3-4-5-6-7-8-9-10-14-21(30)27-28(19(23(33)34)15-16-20(25)29)26-18(22(31)32)13-11-12-17-24/h18-19,26H,2-17,24H2,1H3,(H2,25,29)(H,27,30)(H,31,32)(H,33,34)/t18-,19-/m0/s1. The lowest BCUT2D eigenvalue weighted by Crippen LogP contribution is -2.62. The van der Waals surface area contributed by atoms with E-state index in [-0.39, 0.29) is 25.7 Å². The van der Waals surface area contributed by atoms with Crippen LogP contribution in [0.5, 0.6) is 0 Å². The number of nitrogens with one attached hydrogen (secondary N) is 2. The smallest absolute Gasteiger partial charge is 0.324 e. The first-order valence-electron chi connectivity index (χ1n) is 12.5. The zero-order valence-corrected chi connectivity index (χ0v) is 20.6. The van der Waals surface area contributed by atoms with Crippen molar-refractivity contribution in [1.29, 1.82) is 0 Å². The van der Waals surface area contributed by atoms with Crippen molar-refractivity contribution in [2.45, 2.75) is 115 Å². The molecule has 34 heavy (non-hydrogen) atoms. The quantitative estimate of drug-likeness (QED) is 0.0925. The number of unbranched alkanes of at least 4 members (excludes halogenated alkanes) is 9. The first-order valence-corrected chi connectivity index (χ1v) is 12.5. The zero-order valence-electron chi connectivity index (χ0n) is 20.6. The van der Waals surface area contributed by atoms with Crippen LogP contribution in [0.3, 0.4) is 0 Å². The number of hydrazine groups is 2. The molecule has 0 aromatic carbocycles. The maximum absolute atomic E-state index is 12.5. The molecule has 11 nitrogen and oxygen atoms in total. The number of carbonyl (C=O) groups excluding carboxylic acids is 2. The Morgan fingerprint density at radius 3 is 1.88 bits per heavy atom. The molecule has 198 valence electrons. The lowest BCUT2D eigenvalue weighted by Gasteiger charge is -2.32. The fraction of sp³-hybridized carbons (Fsp3) is 0.826. The Morgan fingerprint density at radius 1 is 0.794 bits per heavy atom. The van der Waals surface area contributed by atoms with Crippen LogP contribution in [0.4, 0.5) is 0 Å². The highest BCUT2D eigenvalue weighted by molar-refractivity contribution is 5.79. The third kappa shape index (κ3) is 16.4. The number of nitrogens with two attached hydrogens (primary N) is 2. The topological polar surface area (TPSA) is 188 Å². The van der Waals surface area contributed by atoms with Crippen LogP contribution in [0.25, 0.3) is 0 Å². The second kappa shape index (κ2) is 20.2. The SMILES string of the molecule is CCCCCCCCCCCC(=O)NN(N[C@@H](CCCCN)C(=O)O)[C@@H](CCC(N)=O)C(=O)O. The van der Waals surface area contributed by atoms with Crippen LogP contribution in [-0.4, -0.2) is 57.7 Å². The van der Waals surface area contributed by atoms with Crippen molar-refractivity contribution in [2.75, 3.05) is 6.54 Å². The molecule has 0 saturated heterocycles. The maximum atomic E-state index is 12.5. The van der Waals surface area contributed by atoms with E-state index in [4.69, 9.17) is 11.5 Å². The van der Waals surface area contributed by atoms with Gasteiger partial charge in [-0.05, 0) is 38.6 Å². The molecule has 0 aromatic heterocycles. The summed E-state index contributed by atoms with van der Waals surface area (Å²) in [7, 11) is 0. The van der Waals surface area contributed by atoms with Crippen molar-refractivity contribution in [3.05, 3.63) is 0 Å². The molecule has 0 bridgehead atoms. The monoisotopic (exact) mass is 487 g/mol. The molecule has 0 unspecified atom stereocenters. The van der Waals surface area contributed by atoms with Crippen molar-refractivity contribution in [3.63, 3.8) is 0 Å². The Labute approximate surface area is 202 Å². The summed E-state index contributed by atoms with van der Waals surface area (Å²) in [5.41, 5.74) is 15.7. The van der Waals surface area contributed by atoms with Gasteiger partial charge in [-0.2, -0.15) is 0 Å². The van der Waals surface area contributed by atoms with Gasteiger partial charge in [0.05, 0.1) is 0 Å². The van der Waals surface area contributed by atoms with E-state index in [1.54, 1.807) is 0 Å². The molecule has 11 heteroatoms. The first-order chi connectivity index (χ1) is 16.2. The number of hydrogen-bond acceptors (Lipinski definition) is 7. The van der Waals surface area contributed by atoms with Crippen LogP contribution in [0.15, 0.2) is 0 Å². The number of nitrogens with zero attached hydrogens (tertiary/aromatic N) is 1. The Hall–Kier alpha value is -2.24. The van der Waals surface area contributed by atoms with Gasteiger partial charge in [-0.25, -0.2) is 5.43 Å². The molecule has 0 aliphatic rings. The molecular weight excluding hydrogens is 442 g/mol. The molecule has 2 atom stereocenters. The molecule has 2 amide bonds. The number of amides is 2. The van der Waals surface area contributed by atoms with Gasteiger partial charge in [0, 0.05) is 12.8 Å². The number of aliphatic carboxylic acids is 2. The van der Waals surface area contributed by atoms with Crippen LogP contribution in [0.1, 0.15) is 103 Å². The lowest BCUT2D eigenvalue weighted by molar-refractivity contribution is -0.155. The van der Waals surface area contributed by atoms with Gasteiger partial charge in [0.1, 0.15) is 12.1 Å². The predicted octanol–water partition coefficient (Wildman–Crippen LogP) is 2.05. The second-order valence-corrected chi connectivity index (χ2v) is 8.65. The van der Waals surface area contributed by atoms with E-state index < -0.39 is 35.8 Å². The molecule has 8 N–H and O–H groups in total. The fourth-order valence-corrected chi connectivity index (χ4v) is 3.53. The van der Waals surface area contributed by atoms with E-state index in [9.17, 15) is 29.4 Å². The predicted molar refractivity (Wildman–Crippen MR) is 129 cm³/mol. The van der Waals surface area contributed by atoms with Gasteiger partial charge in [-0.3, -0.25) is 24.6 Å². The summed E-state index contributed by atoms with van der Waals surface area (Å²) in [6, 6.07) is -2.49. The van der Waals surface area contributed by atoms with Gasteiger partial charge >= 0.3 is 11.9 Å². The van der Waals surface area contributed by atoms with E-state index in [1.807, 2.05) is 0 Å². The number of carboxylic acids is 2. The largest absolute Gasteiger partial charge is 0.480 e. The van der Waals surface area contributed by atoms with Gasteiger partial charge in [-0.15, -0.1) is 5.12 Å². The summed E-state index contributed by atoms with van der Waals surface area (Å²) in [6.07, 6.45) is 10.9. The molecule has 0 heterocycles. The average Bonchev–Trinajstić information content (AvgIpc) is 2.76. The Balaban J connectivity index is 4.90. The van der Waals surface area contributed by atoms with Gasteiger partial charge in [0.25, 0.3) is 0 Å². The molecule has 0 saturated carbocycles. The molecule has 0 aromatic rings. The average molecular weight is 488 g/mol. The molecular formula is C23H45N5O6. The number of primary amides is 1. The third-order valence-corrected chi connectivity index (χ3v) is 5.55. The summed E-state index contributed by atoms with van der Waals surface area (Å²) in [5, 5.41) is 20.1. The highest BCUT2D eigenvalue weighted by Gasteiger charge is 2.31. The molecule has 0 rings (SSSR count). The van der Waals surface area contributed by atoms with Crippen molar-refractivity contribution < 1.29 is 29.4 Å². The Morgan fingerprint density at radius 2 is 1.38 bits per heavy atom. The lowest BCUT2D eigenvalue weighted by atomic mass is 10.1. The van der Waals surface area contributed by atoms with E-state index in [2.05, 4.69) is 17.8 Å². The number of carboxylic acid groups (broad SMARTS) is 2. The van der Waals surface area contributed by atoms with Gasteiger partial charge < -0.3 is 21.7 Å². The van der Waals surface area contributed by atoms with Gasteiger partial charge in [-0.1, -0.05) is 58.3 Å². The van der Waals surface area contributed by atoms with Crippen molar-refractivity contribution in [1.82, 2.24) is 16.0 Å². The van der Waals surface area contributed by atoms with E-state index >= 15 is 0 Å². The minimum Gasteiger partial charge on any atom is -0.480 e. The minimum atomic E-state index is -1.36. The fourth-order valence-electron chi connectivity index (χ4n) is 3.53. The number of carbonyl (C=O) groups is 4. The zero-order chi connectivity index (χ0) is 25.8. The van der Waals surface area contributed by atoms with Gasteiger partial charge in [0.15, 0.2) is 0 Å². The van der Waals surface area contributed by atoms with Crippen LogP contribution in [-0.2, 0) is 19.2 Å². The van der Waals surface area contributed by atoms with E-state index in [0.29, 0.717) is 25.8 Å². The van der Waals surface area contributed by atoms with Crippen molar-refractivity contribution >= 4 is 23.8 Å². The number of hydrogen-bond donors (Lipinski definition) is 6. The normalized spacial score (nSPS) is 12.9. The molecule has 0 radical (unpaired) electrons. The summed E-state index contributed by atoms with van der Waals surface area (Å²) in [5.74, 6) is -3.62. The summed E-state index contributed by atoms with van der Waals surface area (Å²) in [4.78, 5) is 47.2. The summed E-state index contributed by atoms with van der Waals surface area (Å²) in [6.45, 7) is 2.59. The van der Waals surface area contributed by atoms with E-state index in [1.165, 1.54) is 32.1 Å². The summed E-state index contributed by atoms with van der Waals surface area (Å²) < 4.78 is 0. The van der Waals surface area contributed by atoms with Crippen LogP contribution >= 0.6 is 0 Å². The highest BCUT2D eigenvalue weighted by Crippen LogP contribution is 2.11.